The van der Waals surface area contributed by atoms with Crippen LogP contribution in [0, 0.1) is 0 Å². The van der Waals surface area contributed by atoms with Gasteiger partial charge in [-0.3, -0.25) is 14.7 Å². The summed E-state index contributed by atoms with van der Waals surface area (Å²) in [6.45, 7) is 3.20. The van der Waals surface area contributed by atoms with E-state index in [0.717, 1.165) is 41.7 Å². The topological polar surface area (TPSA) is 54.5 Å². The van der Waals surface area contributed by atoms with Crippen LogP contribution in [-0.2, 0) is 6.54 Å². The summed E-state index contributed by atoms with van der Waals surface area (Å²) >= 11 is 5.98. The lowest BCUT2D eigenvalue weighted by molar-refractivity contribution is 0.102. The van der Waals surface area contributed by atoms with Crippen LogP contribution < -0.4 is 10.1 Å². The summed E-state index contributed by atoms with van der Waals surface area (Å²) in [7, 11) is 1.61. The smallest absolute Gasteiger partial charge is 0.255 e. The molecule has 4 aromatic rings. The molecule has 1 aliphatic rings. The Morgan fingerprint density at radius 2 is 1.68 bits per heavy atom. The van der Waals surface area contributed by atoms with Gasteiger partial charge in [-0.05, 0) is 85.1 Å². The molecular formula is C28H26ClN3O2. The van der Waals surface area contributed by atoms with Crippen LogP contribution in [0.5, 0.6) is 5.75 Å². The fourth-order valence-corrected chi connectivity index (χ4v) is 4.53. The van der Waals surface area contributed by atoms with E-state index in [2.05, 4.69) is 21.3 Å². The molecule has 5 rings (SSSR count). The molecule has 1 amide bonds. The second-order valence-electron chi connectivity index (χ2n) is 8.61. The minimum atomic E-state index is -0.203. The van der Waals surface area contributed by atoms with Gasteiger partial charge in [0.25, 0.3) is 5.91 Å². The number of fused-ring (bicyclic) bond motifs is 1. The second-order valence-corrected chi connectivity index (χ2v) is 9.05. The summed E-state index contributed by atoms with van der Waals surface area (Å²) in [4.78, 5) is 20.0. The summed E-state index contributed by atoms with van der Waals surface area (Å²) in [5, 5.41) is 4.68. The molecular weight excluding hydrogens is 446 g/mol. The molecule has 0 saturated carbocycles. The van der Waals surface area contributed by atoms with Gasteiger partial charge in [0, 0.05) is 28.7 Å². The standard InChI is InChI=1S/C28H26ClN3O2/c1-34-27-15-23-14-19(18-32-12-2-3-13-32)17-30-25(23)16-26(27)31-28(33)22-6-4-20(5-7-22)21-8-10-24(29)11-9-21/h4-11,14-17H,2-3,12-13,18H2,1H3,(H,31,33). The van der Waals surface area contributed by atoms with Crippen molar-refractivity contribution in [1.29, 1.82) is 0 Å². The number of pyridine rings is 1. The van der Waals surface area contributed by atoms with Gasteiger partial charge in [0.1, 0.15) is 5.75 Å². The number of carbonyl (C=O) groups excluding carboxylic acids is 1. The molecule has 0 spiro atoms. The van der Waals surface area contributed by atoms with Crippen molar-refractivity contribution in [2.75, 3.05) is 25.5 Å². The van der Waals surface area contributed by atoms with Crippen LogP contribution in [0.2, 0.25) is 5.02 Å². The maximum atomic E-state index is 12.9. The van der Waals surface area contributed by atoms with E-state index in [9.17, 15) is 4.79 Å². The second kappa shape index (κ2) is 9.84. The summed E-state index contributed by atoms with van der Waals surface area (Å²) < 4.78 is 5.59. The molecule has 0 unspecified atom stereocenters. The number of hydrogen-bond acceptors (Lipinski definition) is 4. The number of benzene rings is 3. The molecule has 0 bridgehead atoms. The molecule has 0 aliphatic carbocycles. The van der Waals surface area contributed by atoms with Crippen molar-refractivity contribution in [3.05, 3.63) is 89.1 Å². The van der Waals surface area contributed by atoms with Gasteiger partial charge in [-0.25, -0.2) is 0 Å². The maximum Gasteiger partial charge on any atom is 0.255 e. The average Bonchev–Trinajstić information content (AvgIpc) is 3.37. The number of nitrogens with one attached hydrogen (secondary N) is 1. The van der Waals surface area contributed by atoms with Crippen LogP contribution >= 0.6 is 11.6 Å². The summed E-state index contributed by atoms with van der Waals surface area (Å²) in [6.07, 6.45) is 4.46. The van der Waals surface area contributed by atoms with E-state index < -0.39 is 0 Å². The van der Waals surface area contributed by atoms with Crippen molar-refractivity contribution in [2.45, 2.75) is 19.4 Å². The van der Waals surface area contributed by atoms with Gasteiger partial charge in [-0.1, -0.05) is 35.9 Å². The molecule has 1 aromatic heterocycles. The lowest BCUT2D eigenvalue weighted by atomic mass is 10.0. The van der Waals surface area contributed by atoms with Crippen LogP contribution in [0.15, 0.2) is 72.9 Å². The lowest BCUT2D eigenvalue weighted by Gasteiger charge is -2.15. The SMILES string of the molecule is COc1cc2cc(CN3CCCC3)cnc2cc1NC(=O)c1ccc(-c2ccc(Cl)cc2)cc1. The largest absolute Gasteiger partial charge is 0.495 e. The number of methoxy groups -OCH3 is 1. The van der Waals surface area contributed by atoms with Gasteiger partial charge >= 0.3 is 0 Å². The van der Waals surface area contributed by atoms with Crippen molar-refractivity contribution < 1.29 is 9.53 Å². The Balaban J connectivity index is 1.34. The first-order chi connectivity index (χ1) is 16.6. The van der Waals surface area contributed by atoms with Gasteiger partial charge in [0.15, 0.2) is 0 Å². The molecule has 5 nitrogen and oxygen atoms in total. The van der Waals surface area contributed by atoms with E-state index in [-0.39, 0.29) is 5.91 Å². The Labute approximate surface area is 204 Å². The minimum Gasteiger partial charge on any atom is -0.495 e. The van der Waals surface area contributed by atoms with Gasteiger partial charge < -0.3 is 10.1 Å². The monoisotopic (exact) mass is 471 g/mol. The van der Waals surface area contributed by atoms with Crippen molar-refractivity contribution in [2.24, 2.45) is 0 Å². The van der Waals surface area contributed by atoms with E-state index in [4.69, 9.17) is 16.3 Å². The number of nitrogens with zero attached hydrogens (tertiary/aromatic N) is 2. The Hall–Kier alpha value is -3.41. The number of rotatable bonds is 6. The van der Waals surface area contributed by atoms with Crippen LogP contribution in [0.3, 0.4) is 0 Å². The van der Waals surface area contributed by atoms with Crippen molar-refractivity contribution in [3.63, 3.8) is 0 Å². The van der Waals surface area contributed by atoms with Gasteiger partial charge in [-0.2, -0.15) is 0 Å². The number of amides is 1. The van der Waals surface area contributed by atoms with Crippen LogP contribution in [0.25, 0.3) is 22.0 Å². The summed E-state index contributed by atoms with van der Waals surface area (Å²) in [6, 6.07) is 21.1. The Kier molecular flexibility index (Phi) is 6.48. The highest BCUT2D eigenvalue weighted by molar-refractivity contribution is 6.30. The fraction of sp³-hybridized carbons (Fsp3) is 0.214. The van der Waals surface area contributed by atoms with Crippen LogP contribution in [0.1, 0.15) is 28.8 Å². The first-order valence-corrected chi connectivity index (χ1v) is 11.8. The number of anilines is 1. The van der Waals surface area contributed by atoms with E-state index in [0.29, 0.717) is 22.0 Å². The van der Waals surface area contributed by atoms with Crippen molar-refractivity contribution >= 4 is 34.1 Å². The predicted molar refractivity (Wildman–Crippen MR) is 138 cm³/mol. The van der Waals surface area contributed by atoms with E-state index in [1.165, 1.54) is 18.4 Å². The number of hydrogen-bond donors (Lipinski definition) is 1. The molecule has 3 aromatic carbocycles. The van der Waals surface area contributed by atoms with E-state index >= 15 is 0 Å². The van der Waals surface area contributed by atoms with E-state index in [1.807, 2.05) is 66.9 Å². The molecule has 1 fully saturated rings. The summed E-state index contributed by atoms with van der Waals surface area (Å²) in [5.41, 5.74) is 5.23. The Morgan fingerprint density at radius 1 is 1.00 bits per heavy atom. The number of aromatic nitrogens is 1. The molecule has 0 atom stereocenters. The molecule has 34 heavy (non-hydrogen) atoms. The first kappa shape index (κ1) is 22.4. The molecule has 2 heterocycles. The predicted octanol–water partition coefficient (Wildman–Crippen LogP) is 6.41. The number of halogens is 1. The van der Waals surface area contributed by atoms with Gasteiger partial charge in [0.05, 0.1) is 18.3 Å². The quantitative estimate of drug-likeness (QED) is 0.353. The van der Waals surface area contributed by atoms with Crippen molar-refractivity contribution in [1.82, 2.24) is 9.88 Å². The molecule has 6 heteroatoms. The number of carbonyl (C=O) groups is 1. The molecule has 1 aliphatic heterocycles. The third kappa shape index (κ3) is 4.91. The summed E-state index contributed by atoms with van der Waals surface area (Å²) in [5.74, 6) is 0.407. The van der Waals surface area contributed by atoms with E-state index in [1.54, 1.807) is 7.11 Å². The number of likely N-dealkylation sites (tertiary alicyclic amines) is 1. The first-order valence-electron chi connectivity index (χ1n) is 11.5. The van der Waals surface area contributed by atoms with Gasteiger partial charge in [0.2, 0.25) is 0 Å². The lowest BCUT2D eigenvalue weighted by Crippen LogP contribution is -2.18. The molecule has 1 N–H and O–H groups in total. The Bertz CT molecular complexity index is 1310. The van der Waals surface area contributed by atoms with Crippen molar-refractivity contribution in [3.8, 4) is 16.9 Å². The highest BCUT2D eigenvalue weighted by Crippen LogP contribution is 2.31. The molecule has 172 valence electrons. The van der Waals surface area contributed by atoms with Crippen LogP contribution in [0.4, 0.5) is 5.69 Å². The molecule has 1 saturated heterocycles. The third-order valence-electron chi connectivity index (χ3n) is 6.24. The normalized spacial score (nSPS) is 13.8. The molecule has 0 radical (unpaired) electrons. The maximum absolute atomic E-state index is 12.9. The Morgan fingerprint density at radius 3 is 2.35 bits per heavy atom. The zero-order valence-corrected chi connectivity index (χ0v) is 19.8. The average molecular weight is 472 g/mol. The highest BCUT2D eigenvalue weighted by atomic mass is 35.5. The zero-order valence-electron chi connectivity index (χ0n) is 19.1. The van der Waals surface area contributed by atoms with Gasteiger partial charge in [-0.15, -0.1) is 0 Å². The van der Waals surface area contributed by atoms with Crippen LogP contribution in [-0.4, -0.2) is 36.0 Å². The minimum absolute atomic E-state index is 0.203. The number of ether oxygens (including phenoxy) is 1. The third-order valence-corrected chi connectivity index (χ3v) is 6.49. The highest BCUT2D eigenvalue weighted by Gasteiger charge is 2.15. The zero-order chi connectivity index (χ0) is 23.5. The fourth-order valence-electron chi connectivity index (χ4n) is 4.40.